The highest BCUT2D eigenvalue weighted by Gasteiger charge is 2.24. The van der Waals surface area contributed by atoms with Gasteiger partial charge in [0.1, 0.15) is 0 Å². The van der Waals surface area contributed by atoms with Crippen molar-refractivity contribution in [3.05, 3.63) is 0 Å². The molecule has 2 saturated carbocycles. The van der Waals surface area contributed by atoms with Gasteiger partial charge in [-0.2, -0.15) is 0 Å². The molecule has 2 rings (SSSR count). The largest absolute Gasteiger partial charge is 0.313 e. The van der Waals surface area contributed by atoms with Gasteiger partial charge in [0.2, 0.25) is 0 Å². The van der Waals surface area contributed by atoms with Crippen LogP contribution in [0.4, 0.5) is 0 Å². The second kappa shape index (κ2) is 6.86. The molecule has 2 heteroatoms. The predicted octanol–water partition coefficient (Wildman–Crippen LogP) is 3.95. The van der Waals surface area contributed by atoms with Crippen molar-refractivity contribution in [2.24, 2.45) is 11.8 Å². The Morgan fingerprint density at radius 1 is 0.875 bits per heavy atom. The van der Waals surface area contributed by atoms with E-state index in [2.05, 4.69) is 5.32 Å². The van der Waals surface area contributed by atoms with E-state index in [0.29, 0.717) is 6.04 Å². The fourth-order valence-corrected chi connectivity index (χ4v) is 3.74. The van der Waals surface area contributed by atoms with Crippen LogP contribution in [0.5, 0.6) is 0 Å². The van der Waals surface area contributed by atoms with E-state index >= 15 is 0 Å². The van der Waals surface area contributed by atoms with Crippen LogP contribution < -0.4 is 5.32 Å². The zero-order valence-corrected chi connectivity index (χ0v) is 11.1. The summed E-state index contributed by atoms with van der Waals surface area (Å²) in [7, 11) is 0. The van der Waals surface area contributed by atoms with Crippen LogP contribution in [0.1, 0.15) is 57.8 Å². The van der Waals surface area contributed by atoms with Crippen LogP contribution in [-0.4, -0.2) is 18.5 Å². The summed E-state index contributed by atoms with van der Waals surface area (Å²) in [6, 6.07) is 0.716. The van der Waals surface area contributed by atoms with Crippen molar-refractivity contribution in [1.82, 2.24) is 5.32 Å². The van der Waals surface area contributed by atoms with Crippen molar-refractivity contribution >= 4 is 11.6 Å². The summed E-state index contributed by atoms with van der Waals surface area (Å²) in [5, 5.41) is 3.81. The molecule has 0 radical (unpaired) electrons. The molecule has 0 bridgehead atoms. The van der Waals surface area contributed by atoms with Gasteiger partial charge < -0.3 is 5.32 Å². The van der Waals surface area contributed by atoms with Crippen molar-refractivity contribution in [2.45, 2.75) is 63.8 Å². The van der Waals surface area contributed by atoms with Gasteiger partial charge in [-0.1, -0.05) is 32.1 Å². The first-order chi connectivity index (χ1) is 7.90. The first-order valence-corrected chi connectivity index (χ1v) is 7.73. The molecule has 2 atom stereocenters. The van der Waals surface area contributed by atoms with Gasteiger partial charge in [-0.3, -0.25) is 0 Å². The molecule has 1 N–H and O–H groups in total. The van der Waals surface area contributed by atoms with Crippen molar-refractivity contribution in [3.63, 3.8) is 0 Å². The van der Waals surface area contributed by atoms with Gasteiger partial charge in [0.25, 0.3) is 0 Å². The van der Waals surface area contributed by atoms with E-state index in [-0.39, 0.29) is 0 Å². The molecule has 16 heavy (non-hydrogen) atoms. The lowest BCUT2D eigenvalue weighted by Crippen LogP contribution is -2.41. The average molecular weight is 244 g/mol. The van der Waals surface area contributed by atoms with Crippen LogP contribution in [-0.2, 0) is 0 Å². The molecule has 2 fully saturated rings. The van der Waals surface area contributed by atoms with E-state index in [0.717, 1.165) is 17.7 Å². The molecule has 94 valence electrons. The van der Waals surface area contributed by atoms with Gasteiger partial charge in [0.15, 0.2) is 0 Å². The quantitative estimate of drug-likeness (QED) is 0.738. The predicted molar refractivity (Wildman–Crippen MR) is 71.0 cm³/mol. The first-order valence-electron chi connectivity index (χ1n) is 7.19. The molecular weight excluding hydrogens is 218 g/mol. The molecule has 2 unspecified atom stereocenters. The molecule has 0 saturated heterocycles. The van der Waals surface area contributed by atoms with E-state index in [1.165, 1.54) is 64.3 Å². The van der Waals surface area contributed by atoms with Gasteiger partial charge in [-0.15, -0.1) is 11.6 Å². The van der Waals surface area contributed by atoms with E-state index in [1.807, 2.05) is 0 Å². The molecule has 2 aliphatic rings. The van der Waals surface area contributed by atoms with Gasteiger partial charge in [0.05, 0.1) is 0 Å². The van der Waals surface area contributed by atoms with Crippen LogP contribution in [0.3, 0.4) is 0 Å². The molecule has 0 aromatic carbocycles. The minimum atomic E-state index is 0.716. The highest BCUT2D eigenvalue weighted by molar-refractivity contribution is 6.18. The Balaban J connectivity index is 1.70. The van der Waals surface area contributed by atoms with Gasteiger partial charge >= 0.3 is 0 Å². The third-order valence-corrected chi connectivity index (χ3v) is 4.90. The SMILES string of the molecule is ClCC1CCCCC1NCC1CCCCC1. The second-order valence-electron chi connectivity index (χ2n) is 5.72. The minimum Gasteiger partial charge on any atom is -0.313 e. The molecular formula is C14H26ClN. The average Bonchev–Trinajstić information content (AvgIpc) is 2.38. The highest BCUT2D eigenvalue weighted by atomic mass is 35.5. The minimum absolute atomic E-state index is 0.716. The normalized spacial score (nSPS) is 32.8. The lowest BCUT2D eigenvalue weighted by Gasteiger charge is -2.33. The van der Waals surface area contributed by atoms with E-state index in [4.69, 9.17) is 11.6 Å². The lowest BCUT2D eigenvalue weighted by atomic mass is 9.84. The van der Waals surface area contributed by atoms with Crippen molar-refractivity contribution < 1.29 is 0 Å². The van der Waals surface area contributed by atoms with Crippen molar-refractivity contribution in [1.29, 1.82) is 0 Å². The summed E-state index contributed by atoms with van der Waals surface area (Å²) in [5.74, 6) is 2.54. The van der Waals surface area contributed by atoms with E-state index < -0.39 is 0 Å². The third-order valence-electron chi connectivity index (χ3n) is 4.50. The van der Waals surface area contributed by atoms with Crippen LogP contribution >= 0.6 is 11.6 Å². The number of halogens is 1. The Morgan fingerprint density at radius 3 is 2.31 bits per heavy atom. The number of nitrogens with one attached hydrogen (secondary N) is 1. The summed E-state index contributed by atoms with van der Waals surface area (Å²) in [6.45, 7) is 1.25. The summed E-state index contributed by atoms with van der Waals surface area (Å²) in [5.41, 5.74) is 0. The first kappa shape index (κ1) is 12.7. The Kier molecular flexibility index (Phi) is 5.44. The van der Waals surface area contributed by atoms with Crippen LogP contribution in [0.15, 0.2) is 0 Å². The fraction of sp³-hybridized carbons (Fsp3) is 1.00. The number of hydrogen-bond acceptors (Lipinski definition) is 1. The molecule has 0 amide bonds. The van der Waals surface area contributed by atoms with Crippen molar-refractivity contribution in [3.8, 4) is 0 Å². The van der Waals surface area contributed by atoms with Gasteiger partial charge in [-0.25, -0.2) is 0 Å². The molecule has 2 aliphatic carbocycles. The number of alkyl halides is 1. The third kappa shape index (κ3) is 3.63. The maximum atomic E-state index is 6.06. The second-order valence-corrected chi connectivity index (χ2v) is 6.03. The molecule has 0 aliphatic heterocycles. The monoisotopic (exact) mass is 243 g/mol. The highest BCUT2D eigenvalue weighted by Crippen LogP contribution is 2.27. The summed E-state index contributed by atoms with van der Waals surface area (Å²) < 4.78 is 0. The van der Waals surface area contributed by atoms with Crippen molar-refractivity contribution in [2.75, 3.05) is 12.4 Å². The standard InChI is InChI=1S/C14H26ClN/c15-10-13-8-4-5-9-14(13)16-11-12-6-2-1-3-7-12/h12-14,16H,1-11H2. The Hall–Kier alpha value is 0.250. The van der Waals surface area contributed by atoms with E-state index in [1.54, 1.807) is 0 Å². The molecule has 0 spiro atoms. The van der Waals surface area contributed by atoms with E-state index in [9.17, 15) is 0 Å². The summed E-state index contributed by atoms with van der Waals surface area (Å²) >= 11 is 6.06. The number of rotatable bonds is 4. The smallest absolute Gasteiger partial charge is 0.0266 e. The zero-order valence-electron chi connectivity index (χ0n) is 10.4. The summed E-state index contributed by atoms with van der Waals surface area (Å²) in [6.07, 6.45) is 12.7. The molecule has 0 aromatic heterocycles. The zero-order chi connectivity index (χ0) is 11.2. The fourth-order valence-electron chi connectivity index (χ4n) is 3.37. The topological polar surface area (TPSA) is 12.0 Å². The Labute approximate surface area is 105 Å². The molecule has 0 heterocycles. The van der Waals surface area contributed by atoms with Crippen LogP contribution in [0, 0.1) is 11.8 Å². The number of hydrogen-bond donors (Lipinski definition) is 1. The summed E-state index contributed by atoms with van der Waals surface area (Å²) in [4.78, 5) is 0. The molecule has 1 nitrogen and oxygen atoms in total. The van der Waals surface area contributed by atoms with Crippen LogP contribution in [0.25, 0.3) is 0 Å². The lowest BCUT2D eigenvalue weighted by molar-refractivity contribution is 0.253. The van der Waals surface area contributed by atoms with Gasteiger partial charge in [0, 0.05) is 11.9 Å². The van der Waals surface area contributed by atoms with Gasteiger partial charge in [-0.05, 0) is 44.1 Å². The van der Waals surface area contributed by atoms with Crippen LogP contribution in [0.2, 0.25) is 0 Å². The maximum Gasteiger partial charge on any atom is 0.0266 e. The molecule has 0 aromatic rings. The Morgan fingerprint density at radius 2 is 1.56 bits per heavy atom. The maximum absolute atomic E-state index is 6.06. The Bertz CT molecular complexity index is 189.